The van der Waals surface area contributed by atoms with Crippen LogP contribution in [0.2, 0.25) is 0 Å². The highest BCUT2D eigenvalue weighted by molar-refractivity contribution is 5.95. The summed E-state index contributed by atoms with van der Waals surface area (Å²) in [4.78, 5) is 46.6. The van der Waals surface area contributed by atoms with E-state index in [0.29, 0.717) is 38.5 Å². The second-order valence-electron chi connectivity index (χ2n) is 11.2. The quantitative estimate of drug-likeness (QED) is 0.116. The third kappa shape index (κ3) is 7.15. The summed E-state index contributed by atoms with van der Waals surface area (Å²) in [6.07, 6.45) is 4.29. The molecule has 4 aromatic rings. The summed E-state index contributed by atoms with van der Waals surface area (Å²) in [5.41, 5.74) is 4.49. The number of rotatable bonds is 10. The number of aryl methyl sites for hydroxylation is 1. The monoisotopic (exact) mass is 628 g/mol. The first-order valence-corrected chi connectivity index (χ1v) is 15.4. The molecule has 1 atom stereocenters. The second kappa shape index (κ2) is 14.9. The molecular formula is C35H40N4O7. The molecule has 0 spiro atoms. The smallest absolute Gasteiger partial charge is 0.418 e. The number of hydrogen-bond acceptors (Lipinski definition) is 9. The van der Waals surface area contributed by atoms with Crippen LogP contribution in [-0.2, 0) is 27.4 Å². The van der Waals surface area contributed by atoms with Crippen LogP contribution in [0.4, 0.5) is 9.59 Å². The number of esters is 1. The molecule has 1 aliphatic rings. The van der Waals surface area contributed by atoms with Crippen molar-refractivity contribution in [3.8, 4) is 5.75 Å². The molecule has 2 aromatic heterocycles. The van der Waals surface area contributed by atoms with Gasteiger partial charge < -0.3 is 23.8 Å². The molecule has 1 aliphatic heterocycles. The van der Waals surface area contributed by atoms with Crippen molar-refractivity contribution in [1.82, 2.24) is 19.4 Å². The Morgan fingerprint density at radius 1 is 0.978 bits per heavy atom. The number of piperazine rings is 1. The lowest BCUT2D eigenvalue weighted by Gasteiger charge is -2.41. The first-order chi connectivity index (χ1) is 22.3. The number of ether oxygens (including phenoxy) is 4. The molecule has 0 saturated carbocycles. The SMILES string of the molecule is CCCCOC(=O)n1ccc2c(CN3CCN(C(=O)OCc4ccccc4)CC3c3ccc(C(=O)OC)nc3)c(OC)cc(C)c21. The minimum atomic E-state index is -0.525. The van der Waals surface area contributed by atoms with Crippen LogP contribution >= 0.6 is 0 Å². The molecule has 1 fully saturated rings. The minimum absolute atomic E-state index is 0.177. The fraction of sp³-hybridized carbons (Fsp3) is 0.371. The molecule has 5 rings (SSSR count). The summed E-state index contributed by atoms with van der Waals surface area (Å²) in [5.74, 6) is 0.174. The molecule has 11 nitrogen and oxygen atoms in total. The highest BCUT2D eigenvalue weighted by Crippen LogP contribution is 2.36. The van der Waals surface area contributed by atoms with E-state index in [4.69, 9.17) is 18.9 Å². The van der Waals surface area contributed by atoms with E-state index >= 15 is 0 Å². The van der Waals surface area contributed by atoms with Crippen LogP contribution in [0.15, 0.2) is 67.0 Å². The number of carbonyl (C=O) groups excluding carboxylic acids is 3. The van der Waals surface area contributed by atoms with Gasteiger partial charge in [-0.05, 0) is 48.2 Å². The van der Waals surface area contributed by atoms with E-state index in [1.807, 2.05) is 62.4 Å². The van der Waals surface area contributed by atoms with Crippen LogP contribution in [0.5, 0.6) is 5.75 Å². The van der Waals surface area contributed by atoms with E-state index in [1.165, 1.54) is 7.11 Å². The third-order valence-corrected chi connectivity index (χ3v) is 8.25. The predicted molar refractivity (Wildman–Crippen MR) is 172 cm³/mol. The van der Waals surface area contributed by atoms with Crippen LogP contribution in [0.1, 0.15) is 58.5 Å². The maximum atomic E-state index is 13.2. The fourth-order valence-electron chi connectivity index (χ4n) is 5.77. The lowest BCUT2D eigenvalue weighted by Crippen LogP contribution is -2.50. The van der Waals surface area contributed by atoms with Gasteiger partial charge in [0.2, 0.25) is 0 Å². The lowest BCUT2D eigenvalue weighted by atomic mass is 10.00. The molecule has 1 amide bonds. The van der Waals surface area contributed by atoms with E-state index < -0.39 is 18.2 Å². The Morgan fingerprint density at radius 3 is 2.48 bits per heavy atom. The van der Waals surface area contributed by atoms with Crippen molar-refractivity contribution in [2.45, 2.75) is 45.9 Å². The average Bonchev–Trinajstić information content (AvgIpc) is 3.55. The summed E-state index contributed by atoms with van der Waals surface area (Å²) < 4.78 is 23.4. The van der Waals surface area contributed by atoms with E-state index in [-0.39, 0.29) is 18.3 Å². The summed E-state index contributed by atoms with van der Waals surface area (Å²) in [6, 6.07) is 16.6. The van der Waals surface area contributed by atoms with Gasteiger partial charge >= 0.3 is 18.2 Å². The summed E-state index contributed by atoms with van der Waals surface area (Å²) in [7, 11) is 2.95. The maximum Gasteiger partial charge on any atom is 0.418 e. The van der Waals surface area contributed by atoms with Crippen LogP contribution in [0, 0.1) is 6.92 Å². The van der Waals surface area contributed by atoms with Crippen molar-refractivity contribution < 1.29 is 33.3 Å². The number of methoxy groups -OCH3 is 2. The maximum absolute atomic E-state index is 13.2. The number of pyridine rings is 1. The first kappa shape index (κ1) is 32.5. The summed E-state index contributed by atoms with van der Waals surface area (Å²) in [5, 5.41) is 0.881. The molecule has 242 valence electrons. The van der Waals surface area contributed by atoms with Crippen LogP contribution < -0.4 is 4.74 Å². The zero-order valence-corrected chi connectivity index (χ0v) is 26.7. The highest BCUT2D eigenvalue weighted by Gasteiger charge is 2.33. The van der Waals surface area contributed by atoms with Gasteiger partial charge in [-0.25, -0.2) is 19.4 Å². The molecule has 1 saturated heterocycles. The second-order valence-corrected chi connectivity index (χ2v) is 11.2. The van der Waals surface area contributed by atoms with Gasteiger partial charge in [0, 0.05) is 49.5 Å². The Morgan fingerprint density at radius 2 is 1.78 bits per heavy atom. The average molecular weight is 629 g/mol. The van der Waals surface area contributed by atoms with Crippen LogP contribution in [-0.4, -0.2) is 78.0 Å². The van der Waals surface area contributed by atoms with Gasteiger partial charge in [-0.2, -0.15) is 0 Å². The van der Waals surface area contributed by atoms with Gasteiger partial charge in [0.25, 0.3) is 0 Å². The zero-order valence-electron chi connectivity index (χ0n) is 26.7. The highest BCUT2D eigenvalue weighted by atomic mass is 16.6. The molecule has 3 heterocycles. The number of unbranched alkanes of at least 4 members (excludes halogenated alkanes) is 1. The lowest BCUT2D eigenvalue weighted by molar-refractivity contribution is 0.0432. The van der Waals surface area contributed by atoms with Gasteiger partial charge in [-0.15, -0.1) is 0 Å². The molecule has 2 aromatic carbocycles. The number of hydrogen-bond donors (Lipinski definition) is 0. The van der Waals surface area contributed by atoms with Gasteiger partial charge in [0.15, 0.2) is 0 Å². The van der Waals surface area contributed by atoms with Crippen LogP contribution in [0.3, 0.4) is 0 Å². The topological polar surface area (TPSA) is 112 Å². The van der Waals surface area contributed by atoms with E-state index in [0.717, 1.165) is 46.0 Å². The van der Waals surface area contributed by atoms with Crippen molar-refractivity contribution in [3.05, 3.63) is 94.9 Å². The standard InChI is InChI=1S/C35H40N4O7/c1-5-6-18-45-35(42)39-15-14-27-28(31(43-3)19-24(2)32(27)39)21-37-16-17-38(34(41)46-23-25-10-8-7-9-11-25)22-30(37)26-12-13-29(36-20-26)33(40)44-4/h7-15,19-20,30H,5-6,16-18,21-23H2,1-4H3. The van der Waals surface area contributed by atoms with E-state index in [9.17, 15) is 14.4 Å². The van der Waals surface area contributed by atoms with Gasteiger partial charge in [0.1, 0.15) is 18.1 Å². The molecule has 0 bridgehead atoms. The molecule has 0 radical (unpaired) electrons. The fourth-order valence-corrected chi connectivity index (χ4v) is 5.77. The van der Waals surface area contributed by atoms with Crippen molar-refractivity contribution in [2.75, 3.05) is 40.5 Å². The summed E-state index contributed by atoms with van der Waals surface area (Å²) in [6.45, 7) is 6.31. The summed E-state index contributed by atoms with van der Waals surface area (Å²) >= 11 is 0. The number of amides is 1. The molecule has 1 unspecified atom stereocenters. The Labute approximate surface area is 268 Å². The Bertz CT molecular complexity index is 1670. The van der Waals surface area contributed by atoms with Crippen molar-refractivity contribution in [3.63, 3.8) is 0 Å². The number of aromatic nitrogens is 2. The molecular weight excluding hydrogens is 588 g/mol. The largest absolute Gasteiger partial charge is 0.496 e. The minimum Gasteiger partial charge on any atom is -0.496 e. The van der Waals surface area contributed by atoms with Crippen LogP contribution in [0.25, 0.3) is 10.9 Å². The van der Waals surface area contributed by atoms with Crippen molar-refractivity contribution >= 4 is 29.1 Å². The Hall–Kier alpha value is -4.90. The number of nitrogens with zero attached hydrogens (tertiary/aromatic N) is 4. The van der Waals surface area contributed by atoms with Gasteiger partial charge in [-0.3, -0.25) is 9.47 Å². The molecule has 0 aliphatic carbocycles. The van der Waals surface area contributed by atoms with Crippen molar-refractivity contribution in [1.29, 1.82) is 0 Å². The Kier molecular flexibility index (Phi) is 10.5. The van der Waals surface area contributed by atoms with Gasteiger partial charge in [-0.1, -0.05) is 49.7 Å². The third-order valence-electron chi connectivity index (χ3n) is 8.25. The molecule has 0 N–H and O–H groups in total. The number of fused-ring (bicyclic) bond motifs is 1. The normalized spacial score (nSPS) is 15.0. The molecule has 46 heavy (non-hydrogen) atoms. The number of carbonyl (C=O) groups is 3. The zero-order chi connectivity index (χ0) is 32.6. The van der Waals surface area contributed by atoms with Gasteiger partial charge in [0.05, 0.1) is 32.4 Å². The predicted octanol–water partition coefficient (Wildman–Crippen LogP) is 6.12. The first-order valence-electron chi connectivity index (χ1n) is 15.4. The van der Waals surface area contributed by atoms with E-state index in [1.54, 1.807) is 35.0 Å². The van der Waals surface area contributed by atoms with E-state index in [2.05, 4.69) is 9.88 Å². The molecule has 11 heteroatoms. The van der Waals surface area contributed by atoms with Crippen molar-refractivity contribution in [2.24, 2.45) is 0 Å². The number of benzene rings is 2. The Balaban J connectivity index is 1.44.